The maximum Gasteiger partial charge on any atom is 0.291 e. The molecule has 0 bridgehead atoms. The molecule has 10 heteroatoms. The van der Waals surface area contributed by atoms with E-state index in [1.54, 1.807) is 12.1 Å². The number of hydrogen-bond acceptors (Lipinski definition) is 6. The van der Waals surface area contributed by atoms with E-state index < -0.39 is 21.7 Å². The molecule has 4 rings (SSSR count). The molecule has 0 radical (unpaired) electrons. The quantitative estimate of drug-likeness (QED) is 0.336. The van der Waals surface area contributed by atoms with Gasteiger partial charge in [0.05, 0.1) is 17.7 Å². The van der Waals surface area contributed by atoms with Crippen LogP contribution in [0.5, 0.6) is 11.5 Å². The van der Waals surface area contributed by atoms with Crippen LogP contribution >= 0.6 is 0 Å². The highest BCUT2D eigenvalue weighted by atomic mass is 32.2. The largest absolute Gasteiger partial charge is 0.495 e. The topological polar surface area (TPSA) is 107 Å². The first kappa shape index (κ1) is 23.8. The van der Waals surface area contributed by atoms with Crippen LogP contribution in [0.1, 0.15) is 16.3 Å². The molecule has 0 unspecified atom stereocenters. The number of nitrogens with one attached hydrogen (secondary N) is 2. The highest BCUT2D eigenvalue weighted by Gasteiger charge is 2.18. The number of para-hydroxylation sites is 1. The van der Waals surface area contributed by atoms with Gasteiger partial charge in [-0.3, -0.25) is 9.52 Å². The van der Waals surface area contributed by atoms with Crippen LogP contribution in [0.2, 0.25) is 0 Å². The Hall–Kier alpha value is -4.31. The second kappa shape index (κ2) is 10.3. The zero-order valence-corrected chi connectivity index (χ0v) is 19.3. The fourth-order valence-corrected chi connectivity index (χ4v) is 4.19. The zero-order valence-electron chi connectivity index (χ0n) is 18.5. The summed E-state index contributed by atoms with van der Waals surface area (Å²) in [5.41, 5.74) is 0.386. The highest BCUT2D eigenvalue weighted by Crippen LogP contribution is 2.30. The smallest absolute Gasteiger partial charge is 0.291 e. The van der Waals surface area contributed by atoms with Gasteiger partial charge in [-0.2, -0.15) is 0 Å². The molecule has 0 fully saturated rings. The summed E-state index contributed by atoms with van der Waals surface area (Å²) >= 11 is 0. The summed E-state index contributed by atoms with van der Waals surface area (Å²) in [4.78, 5) is 12.5. The summed E-state index contributed by atoms with van der Waals surface area (Å²) in [6.45, 7) is 0.148. The van der Waals surface area contributed by atoms with Crippen molar-refractivity contribution >= 4 is 27.3 Å². The average molecular weight is 497 g/mol. The molecule has 180 valence electrons. The van der Waals surface area contributed by atoms with Gasteiger partial charge < -0.3 is 19.2 Å². The van der Waals surface area contributed by atoms with Crippen molar-refractivity contribution in [1.29, 1.82) is 0 Å². The van der Waals surface area contributed by atoms with E-state index in [1.807, 2.05) is 30.3 Å². The lowest BCUT2D eigenvalue weighted by Crippen LogP contribution is -2.15. The van der Waals surface area contributed by atoms with Crippen molar-refractivity contribution in [1.82, 2.24) is 0 Å². The van der Waals surface area contributed by atoms with Gasteiger partial charge in [0.25, 0.3) is 15.9 Å². The molecule has 0 aliphatic carbocycles. The first-order valence-electron chi connectivity index (χ1n) is 10.4. The number of halogens is 1. The Morgan fingerprint density at radius 3 is 2.43 bits per heavy atom. The predicted octanol–water partition coefficient (Wildman–Crippen LogP) is 5.06. The monoisotopic (exact) mass is 496 g/mol. The van der Waals surface area contributed by atoms with E-state index in [2.05, 4.69) is 10.0 Å². The fourth-order valence-electron chi connectivity index (χ4n) is 3.12. The first-order valence-corrected chi connectivity index (χ1v) is 11.9. The number of anilines is 2. The standard InChI is InChI=1S/C25H21FN2O6S/c1-32-23-13-9-18(15-22(23)28-35(30,31)21-11-7-17(26)8-12-21)27-25(29)24-14-10-20(34-24)16-33-19-5-3-2-4-6-19/h2-15,28H,16H2,1H3,(H,27,29). The van der Waals surface area contributed by atoms with E-state index in [0.29, 0.717) is 17.2 Å². The molecule has 1 heterocycles. The Morgan fingerprint density at radius 1 is 0.971 bits per heavy atom. The molecule has 0 aliphatic rings. The van der Waals surface area contributed by atoms with E-state index >= 15 is 0 Å². The summed E-state index contributed by atoms with van der Waals surface area (Å²) in [5, 5.41) is 2.66. The van der Waals surface area contributed by atoms with Crippen molar-refractivity contribution < 1.29 is 31.5 Å². The van der Waals surface area contributed by atoms with Crippen molar-refractivity contribution in [2.75, 3.05) is 17.1 Å². The van der Waals surface area contributed by atoms with Crippen molar-refractivity contribution in [3.8, 4) is 11.5 Å². The number of hydrogen-bond donors (Lipinski definition) is 2. The number of furan rings is 1. The molecule has 0 spiro atoms. The van der Waals surface area contributed by atoms with Crippen molar-refractivity contribution in [2.45, 2.75) is 11.5 Å². The Balaban J connectivity index is 1.46. The van der Waals surface area contributed by atoms with E-state index in [0.717, 1.165) is 24.3 Å². The maximum atomic E-state index is 13.2. The molecule has 0 aliphatic heterocycles. The molecule has 1 amide bonds. The first-order chi connectivity index (χ1) is 16.8. The average Bonchev–Trinajstić information content (AvgIpc) is 3.33. The molecule has 4 aromatic rings. The lowest BCUT2D eigenvalue weighted by molar-refractivity contribution is 0.0992. The van der Waals surface area contributed by atoms with E-state index in [9.17, 15) is 17.6 Å². The number of carbonyl (C=O) groups is 1. The minimum Gasteiger partial charge on any atom is -0.495 e. The van der Waals surface area contributed by atoms with Gasteiger partial charge in [0.2, 0.25) is 0 Å². The van der Waals surface area contributed by atoms with E-state index in [4.69, 9.17) is 13.9 Å². The number of benzene rings is 3. The van der Waals surface area contributed by atoms with Crippen LogP contribution in [-0.2, 0) is 16.6 Å². The third kappa shape index (κ3) is 5.98. The van der Waals surface area contributed by atoms with Crippen LogP contribution in [0.25, 0.3) is 0 Å². The van der Waals surface area contributed by atoms with Gasteiger partial charge in [-0.05, 0) is 66.7 Å². The van der Waals surface area contributed by atoms with Gasteiger partial charge >= 0.3 is 0 Å². The number of rotatable bonds is 9. The molecule has 1 aromatic heterocycles. The van der Waals surface area contributed by atoms with Crippen molar-refractivity contribution in [3.05, 3.63) is 102 Å². The number of sulfonamides is 1. The fraction of sp³-hybridized carbons (Fsp3) is 0.0800. The molecule has 0 saturated carbocycles. The molecule has 35 heavy (non-hydrogen) atoms. The molecule has 3 aromatic carbocycles. The Kier molecular flexibility index (Phi) is 7.02. The van der Waals surface area contributed by atoms with Crippen molar-refractivity contribution in [2.24, 2.45) is 0 Å². The summed E-state index contributed by atoms with van der Waals surface area (Å²) in [5.74, 6) is 0.325. The van der Waals surface area contributed by atoms with Gasteiger partial charge in [0, 0.05) is 5.69 Å². The third-order valence-corrected chi connectivity index (χ3v) is 6.22. The van der Waals surface area contributed by atoms with Gasteiger partial charge in [0.1, 0.15) is 29.7 Å². The number of amides is 1. The summed E-state index contributed by atoms with van der Waals surface area (Å²) < 4.78 is 57.4. The number of methoxy groups -OCH3 is 1. The van der Waals surface area contributed by atoms with Gasteiger partial charge in [-0.25, -0.2) is 12.8 Å². The SMILES string of the molecule is COc1ccc(NC(=O)c2ccc(COc3ccccc3)o2)cc1NS(=O)(=O)c1ccc(F)cc1. The van der Waals surface area contributed by atoms with Gasteiger partial charge in [0.15, 0.2) is 5.76 Å². The van der Waals surface area contributed by atoms with Crippen LogP contribution in [-0.4, -0.2) is 21.4 Å². The molecular weight excluding hydrogens is 475 g/mol. The number of ether oxygens (including phenoxy) is 2. The lowest BCUT2D eigenvalue weighted by Gasteiger charge is -2.14. The van der Waals surface area contributed by atoms with Crippen molar-refractivity contribution in [3.63, 3.8) is 0 Å². The van der Waals surface area contributed by atoms with Crippen LogP contribution in [0.15, 0.2) is 94.2 Å². The Labute approximate surface area is 201 Å². The Bertz CT molecular complexity index is 1420. The van der Waals surface area contributed by atoms with Crippen LogP contribution < -0.4 is 19.5 Å². The van der Waals surface area contributed by atoms with Crippen LogP contribution in [0.4, 0.5) is 15.8 Å². The normalized spacial score (nSPS) is 11.0. The molecule has 8 nitrogen and oxygen atoms in total. The summed E-state index contributed by atoms with van der Waals surface area (Å²) in [6, 6.07) is 21.2. The second-order valence-corrected chi connectivity index (χ2v) is 8.98. The van der Waals surface area contributed by atoms with Crippen LogP contribution in [0, 0.1) is 5.82 Å². The predicted molar refractivity (Wildman–Crippen MR) is 128 cm³/mol. The second-order valence-electron chi connectivity index (χ2n) is 7.30. The minimum atomic E-state index is -4.03. The van der Waals surface area contributed by atoms with Gasteiger partial charge in [-0.15, -0.1) is 0 Å². The molecule has 0 saturated heterocycles. The van der Waals surface area contributed by atoms with E-state index in [-0.39, 0.29) is 28.7 Å². The van der Waals surface area contributed by atoms with Crippen LogP contribution in [0.3, 0.4) is 0 Å². The minimum absolute atomic E-state index is 0.0564. The number of carbonyl (C=O) groups excluding carboxylic acids is 1. The summed E-state index contributed by atoms with van der Waals surface area (Å²) in [6.07, 6.45) is 0. The third-order valence-electron chi connectivity index (χ3n) is 4.84. The maximum absolute atomic E-state index is 13.2. The van der Waals surface area contributed by atoms with E-state index in [1.165, 1.54) is 25.3 Å². The highest BCUT2D eigenvalue weighted by molar-refractivity contribution is 7.92. The zero-order chi connectivity index (χ0) is 24.8. The molecular formula is C25H21FN2O6S. The lowest BCUT2D eigenvalue weighted by atomic mass is 10.2. The Morgan fingerprint density at radius 2 is 1.71 bits per heavy atom. The summed E-state index contributed by atoms with van der Waals surface area (Å²) in [7, 11) is -2.65. The van der Waals surface area contributed by atoms with Gasteiger partial charge in [-0.1, -0.05) is 18.2 Å². The molecule has 2 N–H and O–H groups in total. The molecule has 0 atom stereocenters.